The van der Waals surface area contributed by atoms with E-state index in [2.05, 4.69) is 41.4 Å². The third kappa shape index (κ3) is 7.08. The Morgan fingerprint density at radius 2 is 1.77 bits per heavy atom. The molecular formula is C22H26N2OSi. The van der Waals surface area contributed by atoms with Gasteiger partial charge in [-0.05, 0) is 30.2 Å². The van der Waals surface area contributed by atoms with Gasteiger partial charge in [0.25, 0.3) is 0 Å². The van der Waals surface area contributed by atoms with Crippen LogP contribution in [0.1, 0.15) is 29.7 Å². The monoisotopic (exact) mass is 362 g/mol. The first-order chi connectivity index (χ1) is 12.3. The van der Waals surface area contributed by atoms with E-state index in [0.717, 1.165) is 16.7 Å². The van der Waals surface area contributed by atoms with Crippen LogP contribution in [0.5, 0.6) is 0 Å². The number of benzene rings is 2. The fourth-order valence-electron chi connectivity index (χ4n) is 2.26. The molecule has 1 N–H and O–H groups in total. The Bertz CT molecular complexity index is 809. The normalized spacial score (nSPS) is 12.3. The molecule has 0 aliphatic carbocycles. The molecule has 1 amide bonds. The molecule has 26 heavy (non-hydrogen) atoms. The Kier molecular flexibility index (Phi) is 6.94. The average Bonchev–Trinajstić information content (AvgIpc) is 2.61. The fourth-order valence-corrected chi connectivity index (χ4v) is 2.78. The van der Waals surface area contributed by atoms with Crippen molar-refractivity contribution < 1.29 is 4.79 Å². The molecule has 1 atom stereocenters. The molecule has 0 spiro atoms. The molecule has 0 aromatic heterocycles. The minimum Gasteiger partial charge on any atom is -0.348 e. The Labute approximate surface area is 157 Å². The second-order valence-electron chi connectivity index (χ2n) is 7.29. The zero-order valence-electron chi connectivity index (χ0n) is 15.9. The lowest BCUT2D eigenvalue weighted by atomic mass is 10.1. The molecule has 0 aliphatic heterocycles. The van der Waals surface area contributed by atoms with Crippen LogP contribution in [0.2, 0.25) is 19.6 Å². The smallest absolute Gasteiger partial charge is 0.242 e. The highest BCUT2D eigenvalue weighted by molar-refractivity contribution is 6.83. The maximum absolute atomic E-state index is 12.0. The van der Waals surface area contributed by atoms with Crippen molar-refractivity contribution in [2.45, 2.75) is 32.6 Å². The summed E-state index contributed by atoms with van der Waals surface area (Å²) in [5.41, 5.74) is 6.41. The molecule has 0 bridgehead atoms. The van der Waals surface area contributed by atoms with Crippen molar-refractivity contribution in [3.8, 4) is 11.5 Å². The molecule has 0 radical (unpaired) electrons. The predicted molar refractivity (Wildman–Crippen MR) is 112 cm³/mol. The first-order valence-corrected chi connectivity index (χ1v) is 12.3. The van der Waals surface area contributed by atoms with Gasteiger partial charge in [0.1, 0.15) is 14.6 Å². The van der Waals surface area contributed by atoms with Crippen molar-refractivity contribution in [2.75, 3.05) is 6.54 Å². The molecule has 2 aromatic rings. The molecule has 0 aliphatic rings. The molecule has 4 heteroatoms. The van der Waals surface area contributed by atoms with Crippen LogP contribution in [0.25, 0.3) is 0 Å². The fraction of sp³-hybridized carbons (Fsp3) is 0.273. The number of rotatable bonds is 5. The first-order valence-electron chi connectivity index (χ1n) is 8.81. The number of hydrogen-bond donors (Lipinski definition) is 1. The quantitative estimate of drug-likeness (QED) is 0.483. The van der Waals surface area contributed by atoms with Crippen LogP contribution in [0.15, 0.2) is 59.6 Å². The van der Waals surface area contributed by atoms with Gasteiger partial charge in [-0.25, -0.2) is 0 Å². The lowest BCUT2D eigenvalue weighted by Crippen LogP contribution is -2.28. The molecule has 2 rings (SSSR count). The highest BCUT2D eigenvalue weighted by atomic mass is 28.3. The predicted octanol–water partition coefficient (Wildman–Crippen LogP) is 4.21. The molecule has 0 fully saturated rings. The van der Waals surface area contributed by atoms with Crippen LogP contribution in [0.4, 0.5) is 0 Å². The van der Waals surface area contributed by atoms with Crippen molar-refractivity contribution in [1.82, 2.24) is 5.32 Å². The minimum atomic E-state index is -1.36. The van der Waals surface area contributed by atoms with Crippen molar-refractivity contribution in [3.05, 3.63) is 71.3 Å². The van der Waals surface area contributed by atoms with Crippen molar-refractivity contribution >= 4 is 20.2 Å². The van der Waals surface area contributed by atoms with E-state index >= 15 is 0 Å². The lowest BCUT2D eigenvalue weighted by Gasteiger charge is -2.13. The van der Waals surface area contributed by atoms with Crippen molar-refractivity contribution in [1.29, 1.82) is 0 Å². The Balaban J connectivity index is 1.86. The number of carbonyl (C=O) groups is 1. The SMILES string of the molecule is C[C@@H](NC(=O)CN=Cc1ccc(C#C[Si](C)(C)C)cc1)c1ccccc1. The van der Waals surface area contributed by atoms with E-state index in [9.17, 15) is 4.79 Å². The van der Waals surface area contributed by atoms with E-state index in [0.29, 0.717) is 0 Å². The number of hydrogen-bond acceptors (Lipinski definition) is 2. The van der Waals surface area contributed by atoms with E-state index in [4.69, 9.17) is 0 Å². The zero-order valence-corrected chi connectivity index (χ0v) is 16.9. The van der Waals surface area contributed by atoms with Gasteiger partial charge in [0.2, 0.25) is 5.91 Å². The molecule has 2 aromatic carbocycles. The van der Waals surface area contributed by atoms with Crippen LogP contribution in [0.3, 0.4) is 0 Å². The maximum atomic E-state index is 12.0. The number of amides is 1. The maximum Gasteiger partial charge on any atom is 0.242 e. The second kappa shape index (κ2) is 9.16. The second-order valence-corrected chi connectivity index (χ2v) is 12.0. The number of nitrogens with one attached hydrogen (secondary N) is 1. The summed E-state index contributed by atoms with van der Waals surface area (Å²) in [4.78, 5) is 16.2. The van der Waals surface area contributed by atoms with Gasteiger partial charge in [-0.3, -0.25) is 9.79 Å². The standard InChI is InChI=1S/C22H26N2OSi/c1-18(21-8-6-5-7-9-21)24-22(25)17-23-16-20-12-10-19(11-13-20)14-15-26(2,3)4/h5-13,16,18H,17H2,1-4H3,(H,24,25)/t18-/m1/s1. The van der Waals surface area contributed by atoms with Gasteiger partial charge in [-0.1, -0.05) is 68.0 Å². The van der Waals surface area contributed by atoms with Crippen LogP contribution < -0.4 is 5.32 Å². The van der Waals surface area contributed by atoms with Crippen LogP contribution in [0, 0.1) is 11.5 Å². The molecule has 0 saturated carbocycles. The van der Waals surface area contributed by atoms with Crippen LogP contribution >= 0.6 is 0 Å². The molecule has 0 unspecified atom stereocenters. The summed E-state index contributed by atoms with van der Waals surface area (Å²) in [6.07, 6.45) is 1.72. The summed E-state index contributed by atoms with van der Waals surface area (Å²) in [6.45, 7) is 8.77. The van der Waals surface area contributed by atoms with Gasteiger partial charge in [0, 0.05) is 11.8 Å². The summed E-state index contributed by atoms with van der Waals surface area (Å²) >= 11 is 0. The third-order valence-corrected chi connectivity index (χ3v) is 4.52. The van der Waals surface area contributed by atoms with E-state index in [-0.39, 0.29) is 18.5 Å². The molecule has 3 nitrogen and oxygen atoms in total. The molecular weight excluding hydrogens is 336 g/mol. The number of carbonyl (C=O) groups excluding carboxylic acids is 1. The van der Waals surface area contributed by atoms with E-state index in [1.165, 1.54) is 0 Å². The first kappa shape index (κ1) is 19.7. The molecule has 134 valence electrons. The Morgan fingerprint density at radius 1 is 1.12 bits per heavy atom. The summed E-state index contributed by atoms with van der Waals surface area (Å²) in [5.74, 6) is 3.14. The summed E-state index contributed by atoms with van der Waals surface area (Å²) in [6, 6.07) is 17.8. The average molecular weight is 363 g/mol. The van der Waals surface area contributed by atoms with Crippen LogP contribution in [-0.4, -0.2) is 26.7 Å². The number of aliphatic imine (C=N–C) groups is 1. The largest absolute Gasteiger partial charge is 0.348 e. The lowest BCUT2D eigenvalue weighted by molar-refractivity contribution is -0.120. The van der Waals surface area contributed by atoms with Gasteiger partial charge in [0.05, 0.1) is 6.04 Å². The highest BCUT2D eigenvalue weighted by Gasteiger charge is 2.08. The zero-order chi connectivity index (χ0) is 19.0. The van der Waals surface area contributed by atoms with Crippen molar-refractivity contribution in [3.63, 3.8) is 0 Å². The molecule has 0 heterocycles. The van der Waals surface area contributed by atoms with Crippen molar-refractivity contribution in [2.24, 2.45) is 4.99 Å². The summed E-state index contributed by atoms with van der Waals surface area (Å²) < 4.78 is 0. The van der Waals surface area contributed by atoms with Gasteiger partial charge < -0.3 is 5.32 Å². The van der Waals surface area contributed by atoms with Gasteiger partial charge in [-0.2, -0.15) is 0 Å². The van der Waals surface area contributed by atoms with Gasteiger partial charge in [0.15, 0.2) is 0 Å². The van der Waals surface area contributed by atoms with Gasteiger partial charge in [-0.15, -0.1) is 5.54 Å². The Morgan fingerprint density at radius 3 is 2.38 bits per heavy atom. The minimum absolute atomic E-state index is 0.0249. The van der Waals surface area contributed by atoms with E-state index in [1.807, 2.05) is 61.5 Å². The van der Waals surface area contributed by atoms with Crippen LogP contribution in [-0.2, 0) is 4.79 Å². The summed E-state index contributed by atoms with van der Waals surface area (Å²) in [7, 11) is -1.36. The Hall–Kier alpha value is -2.64. The number of nitrogens with zero attached hydrogens (tertiary/aromatic N) is 1. The topological polar surface area (TPSA) is 41.5 Å². The third-order valence-electron chi connectivity index (χ3n) is 3.64. The summed E-state index contributed by atoms with van der Waals surface area (Å²) in [5, 5.41) is 2.96. The van der Waals surface area contributed by atoms with E-state index in [1.54, 1.807) is 6.21 Å². The molecule has 0 saturated heterocycles. The van der Waals surface area contributed by atoms with Gasteiger partial charge >= 0.3 is 0 Å². The highest BCUT2D eigenvalue weighted by Crippen LogP contribution is 2.10. The van der Waals surface area contributed by atoms with E-state index < -0.39 is 8.07 Å².